The Bertz CT molecular complexity index is 1120. The Balaban J connectivity index is 1.69. The summed E-state index contributed by atoms with van der Waals surface area (Å²) >= 11 is 0. The molecule has 1 N–H and O–H groups in total. The molecule has 0 aliphatic carbocycles. The van der Waals surface area contributed by atoms with E-state index in [1.54, 1.807) is 43.4 Å². The van der Waals surface area contributed by atoms with Crippen LogP contribution in [0.1, 0.15) is 0 Å². The van der Waals surface area contributed by atoms with Gasteiger partial charge in [-0.25, -0.2) is 9.50 Å². The van der Waals surface area contributed by atoms with E-state index < -0.39 is 0 Å². The van der Waals surface area contributed by atoms with E-state index in [1.165, 1.54) is 0 Å². The van der Waals surface area contributed by atoms with Gasteiger partial charge in [-0.2, -0.15) is 4.98 Å². The van der Waals surface area contributed by atoms with Crippen molar-refractivity contribution in [1.82, 2.24) is 24.6 Å². The van der Waals surface area contributed by atoms with Crippen LogP contribution in [0.2, 0.25) is 0 Å². The van der Waals surface area contributed by atoms with Gasteiger partial charge in [-0.3, -0.25) is 4.98 Å². The first kappa shape index (κ1) is 18.5. The molecule has 4 aromatic rings. The molecule has 9 heteroatoms. The lowest BCUT2D eigenvalue weighted by Gasteiger charge is -2.11. The minimum Gasteiger partial charge on any atom is -0.497 e. The summed E-state index contributed by atoms with van der Waals surface area (Å²) in [5.74, 6) is 2.65. The standard InChI is InChI=1S/C20H21N7O2/c1-26(2)17-6-5-13(12-22-17)18-19-24-20(25-27(19)8-7-21-18)23-14-9-15(28-3)11-16(10-14)29-4/h5-12H,1-4H3,(H,23,25). The van der Waals surface area contributed by atoms with Gasteiger partial charge in [0.05, 0.1) is 14.2 Å². The molecule has 0 radical (unpaired) electrons. The maximum atomic E-state index is 5.31. The second-order valence-electron chi connectivity index (χ2n) is 6.51. The first-order chi connectivity index (χ1) is 14.1. The molecular formula is C20H21N7O2. The van der Waals surface area contributed by atoms with Crippen LogP contribution in [0.15, 0.2) is 48.9 Å². The molecule has 148 valence electrons. The molecule has 3 heterocycles. The van der Waals surface area contributed by atoms with E-state index in [0.717, 1.165) is 17.1 Å². The van der Waals surface area contributed by atoms with Crippen molar-refractivity contribution in [3.63, 3.8) is 0 Å². The molecule has 0 amide bonds. The van der Waals surface area contributed by atoms with Crippen LogP contribution in [-0.4, -0.2) is 52.9 Å². The summed E-state index contributed by atoms with van der Waals surface area (Å²) in [6.45, 7) is 0. The van der Waals surface area contributed by atoms with Gasteiger partial charge in [0.25, 0.3) is 0 Å². The van der Waals surface area contributed by atoms with Gasteiger partial charge in [0.15, 0.2) is 5.65 Å². The number of hydrogen-bond acceptors (Lipinski definition) is 8. The second-order valence-corrected chi connectivity index (χ2v) is 6.51. The first-order valence-electron chi connectivity index (χ1n) is 8.92. The third-order valence-corrected chi connectivity index (χ3v) is 4.34. The molecule has 0 saturated carbocycles. The molecule has 0 saturated heterocycles. The van der Waals surface area contributed by atoms with Gasteiger partial charge in [0, 0.05) is 62.1 Å². The summed E-state index contributed by atoms with van der Waals surface area (Å²) < 4.78 is 12.3. The minimum absolute atomic E-state index is 0.437. The molecule has 0 unspecified atom stereocenters. The maximum Gasteiger partial charge on any atom is 0.247 e. The van der Waals surface area contributed by atoms with Crippen molar-refractivity contribution in [1.29, 1.82) is 0 Å². The fraction of sp³-hybridized carbons (Fsp3) is 0.200. The average molecular weight is 391 g/mol. The van der Waals surface area contributed by atoms with E-state index in [-0.39, 0.29) is 0 Å². The quantitative estimate of drug-likeness (QED) is 0.536. The second kappa shape index (κ2) is 7.63. The topological polar surface area (TPSA) is 89.7 Å². The van der Waals surface area contributed by atoms with Crippen LogP contribution in [0.3, 0.4) is 0 Å². The molecule has 0 atom stereocenters. The molecule has 1 aromatic carbocycles. The normalized spacial score (nSPS) is 10.8. The van der Waals surface area contributed by atoms with E-state index in [0.29, 0.717) is 28.8 Å². The molecule has 0 bridgehead atoms. The summed E-state index contributed by atoms with van der Waals surface area (Å²) in [7, 11) is 7.11. The zero-order chi connectivity index (χ0) is 20.4. The first-order valence-corrected chi connectivity index (χ1v) is 8.92. The lowest BCUT2D eigenvalue weighted by Crippen LogP contribution is -2.10. The predicted octanol–water partition coefficient (Wildman–Crippen LogP) is 3.01. The van der Waals surface area contributed by atoms with E-state index in [4.69, 9.17) is 9.47 Å². The Morgan fingerprint density at radius 3 is 2.38 bits per heavy atom. The van der Waals surface area contributed by atoms with Crippen molar-refractivity contribution in [2.24, 2.45) is 0 Å². The van der Waals surface area contributed by atoms with Crippen molar-refractivity contribution in [3.05, 3.63) is 48.9 Å². The number of nitrogens with zero attached hydrogens (tertiary/aromatic N) is 6. The highest BCUT2D eigenvalue weighted by Crippen LogP contribution is 2.28. The Morgan fingerprint density at radius 2 is 1.76 bits per heavy atom. The third kappa shape index (κ3) is 3.75. The SMILES string of the molecule is COc1cc(Nc2nc3c(-c4ccc(N(C)C)nc4)nccn3n2)cc(OC)c1. The summed E-state index contributed by atoms with van der Waals surface area (Å²) in [6, 6.07) is 9.40. The van der Waals surface area contributed by atoms with E-state index >= 15 is 0 Å². The third-order valence-electron chi connectivity index (χ3n) is 4.34. The van der Waals surface area contributed by atoms with Crippen LogP contribution in [0, 0.1) is 0 Å². The van der Waals surface area contributed by atoms with Crippen LogP contribution in [0.5, 0.6) is 11.5 Å². The fourth-order valence-corrected chi connectivity index (χ4v) is 2.87. The van der Waals surface area contributed by atoms with Gasteiger partial charge < -0.3 is 19.7 Å². The maximum absolute atomic E-state index is 5.31. The number of methoxy groups -OCH3 is 2. The Labute approximate surface area is 168 Å². The molecule has 29 heavy (non-hydrogen) atoms. The van der Waals surface area contributed by atoms with Gasteiger partial charge in [-0.15, -0.1) is 5.10 Å². The molecule has 0 fully saturated rings. The van der Waals surface area contributed by atoms with E-state index in [9.17, 15) is 0 Å². The number of ether oxygens (including phenoxy) is 2. The van der Waals surface area contributed by atoms with Gasteiger partial charge in [0.2, 0.25) is 5.95 Å². The number of anilines is 3. The number of hydrogen-bond donors (Lipinski definition) is 1. The van der Waals surface area contributed by atoms with Gasteiger partial charge in [-0.1, -0.05) is 0 Å². The fourth-order valence-electron chi connectivity index (χ4n) is 2.87. The molecule has 9 nitrogen and oxygen atoms in total. The van der Waals surface area contributed by atoms with Crippen LogP contribution in [-0.2, 0) is 0 Å². The zero-order valence-corrected chi connectivity index (χ0v) is 16.6. The van der Waals surface area contributed by atoms with Crippen LogP contribution >= 0.6 is 0 Å². The summed E-state index contributed by atoms with van der Waals surface area (Å²) in [5, 5.41) is 7.69. The van der Waals surface area contributed by atoms with Crippen molar-refractivity contribution >= 4 is 23.1 Å². The number of aromatic nitrogens is 5. The van der Waals surface area contributed by atoms with Crippen molar-refractivity contribution in [2.45, 2.75) is 0 Å². The van der Waals surface area contributed by atoms with Crippen LogP contribution < -0.4 is 19.7 Å². The van der Waals surface area contributed by atoms with E-state index in [2.05, 4.69) is 25.4 Å². The van der Waals surface area contributed by atoms with Crippen molar-refractivity contribution in [2.75, 3.05) is 38.5 Å². The molecule has 0 spiro atoms. The van der Waals surface area contributed by atoms with Gasteiger partial charge in [-0.05, 0) is 12.1 Å². The minimum atomic E-state index is 0.437. The molecule has 4 rings (SSSR count). The van der Waals surface area contributed by atoms with Gasteiger partial charge in [0.1, 0.15) is 23.0 Å². The number of fused-ring (bicyclic) bond motifs is 1. The zero-order valence-electron chi connectivity index (χ0n) is 16.6. The summed E-state index contributed by atoms with van der Waals surface area (Å²) in [6.07, 6.45) is 5.23. The Morgan fingerprint density at radius 1 is 1.00 bits per heavy atom. The highest BCUT2D eigenvalue weighted by Gasteiger charge is 2.13. The highest BCUT2D eigenvalue weighted by molar-refractivity contribution is 5.74. The number of rotatable bonds is 6. The molecule has 0 aliphatic rings. The number of nitrogens with one attached hydrogen (secondary N) is 1. The Kier molecular flexibility index (Phi) is 4.86. The van der Waals surface area contributed by atoms with Gasteiger partial charge >= 0.3 is 0 Å². The highest BCUT2D eigenvalue weighted by atomic mass is 16.5. The van der Waals surface area contributed by atoms with E-state index in [1.807, 2.05) is 43.3 Å². The summed E-state index contributed by atoms with van der Waals surface area (Å²) in [5.41, 5.74) is 2.95. The van der Waals surface area contributed by atoms with Crippen LogP contribution in [0.25, 0.3) is 16.9 Å². The lowest BCUT2D eigenvalue weighted by atomic mass is 10.2. The van der Waals surface area contributed by atoms with Crippen molar-refractivity contribution < 1.29 is 9.47 Å². The molecule has 0 aliphatic heterocycles. The van der Waals surface area contributed by atoms with Crippen LogP contribution in [0.4, 0.5) is 17.5 Å². The molecular weight excluding hydrogens is 370 g/mol. The number of benzene rings is 1. The Hall–Kier alpha value is -3.88. The smallest absolute Gasteiger partial charge is 0.247 e. The largest absolute Gasteiger partial charge is 0.497 e. The lowest BCUT2D eigenvalue weighted by molar-refractivity contribution is 0.395. The average Bonchev–Trinajstić information content (AvgIpc) is 3.15. The monoisotopic (exact) mass is 391 g/mol. The predicted molar refractivity (Wildman–Crippen MR) is 111 cm³/mol. The summed E-state index contributed by atoms with van der Waals surface area (Å²) in [4.78, 5) is 15.5. The molecule has 3 aromatic heterocycles. The number of pyridine rings is 1. The van der Waals surface area contributed by atoms with Crippen molar-refractivity contribution in [3.8, 4) is 22.8 Å².